The minimum atomic E-state index is -4.92. The molecule has 1 fully saturated rings. The second kappa shape index (κ2) is 12.6. The van der Waals surface area contributed by atoms with E-state index >= 15 is 0 Å². The lowest BCUT2D eigenvalue weighted by atomic mass is 10.0. The third-order valence-corrected chi connectivity index (χ3v) is 7.40. The molecule has 8 N–H and O–H groups in total. The lowest BCUT2D eigenvalue weighted by Crippen LogP contribution is -2.71. The fourth-order valence-electron chi connectivity index (χ4n) is 3.87. The van der Waals surface area contributed by atoms with Crippen molar-refractivity contribution in [2.24, 2.45) is 5.16 Å². The summed E-state index contributed by atoms with van der Waals surface area (Å²) in [5, 5.41) is 26.7. The minimum Gasteiger partial charge on any atom is -0.726 e. The second-order valence-electron chi connectivity index (χ2n) is 7.92. The molecule has 1 saturated heterocycles. The van der Waals surface area contributed by atoms with E-state index in [1.165, 1.54) is 29.2 Å². The maximum absolute atomic E-state index is 13.0. The number of thiazole rings is 1. The van der Waals surface area contributed by atoms with Crippen molar-refractivity contribution >= 4 is 67.9 Å². The van der Waals surface area contributed by atoms with E-state index in [2.05, 4.69) is 15.5 Å². The number of anilines is 2. The Labute approximate surface area is 234 Å². The summed E-state index contributed by atoms with van der Waals surface area (Å²) in [5.41, 5.74) is 12.0. The lowest BCUT2D eigenvalue weighted by molar-refractivity contribution is -0.767. The lowest BCUT2D eigenvalue weighted by Gasteiger charge is -2.49. The number of carbonyl (C=O) groups is 3. The number of aliphatic carboxylic acids is 1. The molecule has 2 amide bonds. The SMILES string of the molecule is CO/N=C(/C(=O)NC1C(=O)N2C(C(=O)O)=C(C[n+]3ccc(N)n3CCO)CSC12)c1csc(N)n1.O=S(=O)([O-])O. The molecule has 0 aromatic carbocycles. The van der Waals surface area contributed by atoms with E-state index in [0.717, 1.165) is 11.3 Å². The van der Waals surface area contributed by atoms with Crippen LogP contribution >= 0.6 is 23.1 Å². The van der Waals surface area contributed by atoms with Crippen LogP contribution in [-0.2, 0) is 42.7 Å². The molecule has 218 valence electrons. The normalized spacial score (nSPS) is 18.9. The molecular formula is C19H24N8O10S3. The zero-order valence-corrected chi connectivity index (χ0v) is 23.0. The molecule has 21 heteroatoms. The van der Waals surface area contributed by atoms with Gasteiger partial charge in [-0.3, -0.25) is 19.0 Å². The number of nitrogens with two attached hydrogens (primary N) is 2. The van der Waals surface area contributed by atoms with Crippen LogP contribution in [0.1, 0.15) is 5.69 Å². The zero-order valence-electron chi connectivity index (χ0n) is 20.5. The van der Waals surface area contributed by atoms with Crippen molar-refractivity contribution < 1.29 is 51.6 Å². The number of fused-ring (bicyclic) bond motifs is 1. The highest BCUT2D eigenvalue weighted by Crippen LogP contribution is 2.40. The number of hydrogen-bond acceptors (Lipinski definition) is 14. The van der Waals surface area contributed by atoms with E-state index in [9.17, 15) is 24.6 Å². The molecule has 0 saturated carbocycles. The van der Waals surface area contributed by atoms with Crippen molar-refractivity contribution in [1.29, 1.82) is 0 Å². The van der Waals surface area contributed by atoms with Crippen LogP contribution in [-0.4, -0.2) is 96.7 Å². The molecule has 2 aliphatic heterocycles. The van der Waals surface area contributed by atoms with Crippen LogP contribution in [0.4, 0.5) is 10.9 Å². The van der Waals surface area contributed by atoms with Crippen LogP contribution in [0, 0.1) is 0 Å². The molecule has 2 aromatic rings. The van der Waals surface area contributed by atoms with Gasteiger partial charge in [0.15, 0.2) is 29.4 Å². The predicted octanol–water partition coefficient (Wildman–Crippen LogP) is -2.82. The van der Waals surface area contributed by atoms with Crippen LogP contribution < -0.4 is 21.5 Å². The molecule has 0 spiro atoms. The van der Waals surface area contributed by atoms with Crippen molar-refractivity contribution in [3.05, 3.63) is 34.6 Å². The number of aromatic nitrogens is 3. The van der Waals surface area contributed by atoms with Gasteiger partial charge in [-0.2, -0.15) is 0 Å². The number of aliphatic hydroxyl groups is 1. The number of carboxylic acid groups (broad SMARTS) is 1. The molecule has 2 aliphatic rings. The summed E-state index contributed by atoms with van der Waals surface area (Å²) >= 11 is 2.44. The summed E-state index contributed by atoms with van der Waals surface area (Å²) < 4.78 is 36.1. The van der Waals surface area contributed by atoms with Gasteiger partial charge in [0, 0.05) is 16.7 Å². The van der Waals surface area contributed by atoms with E-state index in [1.54, 1.807) is 21.6 Å². The summed E-state index contributed by atoms with van der Waals surface area (Å²) in [6, 6.07) is 0.688. The monoisotopic (exact) mass is 620 g/mol. The first-order valence-corrected chi connectivity index (χ1v) is 14.2. The molecule has 4 rings (SSSR count). The van der Waals surface area contributed by atoms with Gasteiger partial charge in [-0.15, -0.1) is 32.5 Å². The molecule has 2 aromatic heterocycles. The Morgan fingerprint density at radius 1 is 1.40 bits per heavy atom. The number of nitrogens with zero attached hydrogens (tertiary/aromatic N) is 5. The summed E-state index contributed by atoms with van der Waals surface area (Å²) in [6.45, 7) is 0.251. The van der Waals surface area contributed by atoms with Crippen molar-refractivity contribution in [3.8, 4) is 0 Å². The maximum atomic E-state index is 13.0. The van der Waals surface area contributed by atoms with E-state index in [4.69, 9.17) is 33.8 Å². The van der Waals surface area contributed by atoms with Crippen LogP contribution in [0.5, 0.6) is 0 Å². The molecule has 0 aliphatic carbocycles. The number of hydrogen-bond donors (Lipinski definition) is 6. The molecule has 40 heavy (non-hydrogen) atoms. The Bertz CT molecular complexity index is 1460. The first-order chi connectivity index (χ1) is 18.8. The maximum Gasteiger partial charge on any atom is 0.352 e. The smallest absolute Gasteiger partial charge is 0.352 e. The van der Waals surface area contributed by atoms with Gasteiger partial charge in [-0.25, -0.2) is 18.2 Å². The van der Waals surface area contributed by atoms with Gasteiger partial charge in [0.2, 0.25) is 10.4 Å². The van der Waals surface area contributed by atoms with Crippen LogP contribution in [0.3, 0.4) is 0 Å². The number of carbonyl (C=O) groups excluding carboxylic acids is 2. The highest BCUT2D eigenvalue weighted by atomic mass is 32.3. The number of rotatable bonds is 9. The van der Waals surface area contributed by atoms with Gasteiger partial charge >= 0.3 is 5.97 Å². The number of amides is 2. The molecule has 0 radical (unpaired) electrons. The fourth-order valence-corrected chi connectivity index (χ4v) is 5.75. The highest BCUT2D eigenvalue weighted by molar-refractivity contribution is 8.00. The number of aliphatic hydroxyl groups excluding tert-OH is 1. The molecule has 0 bridgehead atoms. The van der Waals surface area contributed by atoms with Crippen LogP contribution in [0.2, 0.25) is 0 Å². The topological polar surface area (TPSA) is 280 Å². The Morgan fingerprint density at radius 2 is 2.08 bits per heavy atom. The number of oxime groups is 1. The number of carboxylic acids is 1. The molecule has 18 nitrogen and oxygen atoms in total. The predicted molar refractivity (Wildman–Crippen MR) is 138 cm³/mol. The van der Waals surface area contributed by atoms with Crippen molar-refractivity contribution in [2.45, 2.75) is 24.5 Å². The third-order valence-electron chi connectivity index (χ3n) is 5.39. The first-order valence-electron chi connectivity index (χ1n) is 10.9. The average molecular weight is 621 g/mol. The van der Waals surface area contributed by atoms with Gasteiger partial charge in [-0.1, -0.05) is 5.16 Å². The van der Waals surface area contributed by atoms with Crippen LogP contribution in [0.15, 0.2) is 34.1 Å². The number of β-lactam (4-membered cyclic amide) rings is 1. The Kier molecular flexibility index (Phi) is 9.70. The van der Waals surface area contributed by atoms with Gasteiger partial charge in [-0.05, 0) is 0 Å². The van der Waals surface area contributed by atoms with Gasteiger partial charge in [0.25, 0.3) is 11.8 Å². The Morgan fingerprint density at radius 3 is 2.62 bits per heavy atom. The zero-order chi connectivity index (χ0) is 29.8. The number of nitrogen functional groups attached to an aromatic ring is 2. The average Bonchev–Trinajstić information content (AvgIpc) is 3.45. The molecule has 4 heterocycles. The standard InChI is InChI=1S/C19H22N8O6S2.H2O4S/c1-33-24-12(10-8-35-19(21)22-10)15(29)23-13-16(30)27-14(18(31)32)9(7-34-17(13)27)6-25-3-2-11(20)26(25)4-5-28;1-5(2,3)4/h2-3,8,13,17,20,28H,4-7H2,1H3,(H4,21,22,23,29,31,32);(H2,1,2,3,4)/b24-12+;. The number of nitrogens with one attached hydrogen (secondary N) is 1. The van der Waals surface area contributed by atoms with E-state index in [0.29, 0.717) is 17.1 Å². The third kappa shape index (κ3) is 7.05. The van der Waals surface area contributed by atoms with E-state index in [-0.39, 0.29) is 41.9 Å². The molecule has 2 atom stereocenters. The van der Waals surface area contributed by atoms with Crippen LogP contribution in [0.25, 0.3) is 0 Å². The minimum absolute atomic E-state index is 0.134. The van der Waals surface area contributed by atoms with E-state index in [1.807, 2.05) is 0 Å². The largest absolute Gasteiger partial charge is 0.726 e. The summed E-state index contributed by atoms with van der Waals surface area (Å²) in [7, 11) is -3.65. The van der Waals surface area contributed by atoms with Gasteiger partial charge < -0.3 is 36.4 Å². The number of thioether (sulfide) groups is 1. The summed E-state index contributed by atoms with van der Waals surface area (Å²) in [6.07, 6.45) is 1.68. The summed E-state index contributed by atoms with van der Waals surface area (Å²) in [5.74, 6) is -1.79. The van der Waals surface area contributed by atoms with Crippen molar-refractivity contribution in [1.82, 2.24) is 19.9 Å². The fraction of sp³-hybridized carbons (Fsp3) is 0.368. The van der Waals surface area contributed by atoms with Gasteiger partial charge in [0.05, 0.1) is 12.7 Å². The Hall–Kier alpha value is -3.76. The van der Waals surface area contributed by atoms with Crippen molar-refractivity contribution in [2.75, 3.05) is 30.9 Å². The van der Waals surface area contributed by atoms with Gasteiger partial charge in [0.1, 0.15) is 36.5 Å². The summed E-state index contributed by atoms with van der Waals surface area (Å²) in [4.78, 5) is 47.9. The molecule has 2 unspecified atom stereocenters. The Balaban J connectivity index is 0.000000810. The molecular weight excluding hydrogens is 596 g/mol. The highest BCUT2D eigenvalue weighted by Gasteiger charge is 2.55. The first kappa shape index (κ1) is 30.8. The second-order valence-corrected chi connectivity index (χ2v) is 10.8. The van der Waals surface area contributed by atoms with E-state index < -0.39 is 39.6 Å². The van der Waals surface area contributed by atoms with Crippen molar-refractivity contribution in [3.63, 3.8) is 0 Å². The quantitative estimate of drug-likeness (QED) is 0.0412.